The third kappa shape index (κ3) is 4.19. The van der Waals surface area contributed by atoms with E-state index in [2.05, 4.69) is 11.4 Å². The third-order valence-corrected chi connectivity index (χ3v) is 7.25. The normalized spacial score (nSPS) is 15.3. The molecule has 162 valence electrons. The highest BCUT2D eigenvalue weighted by Crippen LogP contribution is 2.39. The summed E-state index contributed by atoms with van der Waals surface area (Å²) in [5.74, 6) is 1.64. The highest BCUT2D eigenvalue weighted by atomic mass is 32.1. The number of benzene rings is 2. The number of thiazole rings is 1. The van der Waals surface area contributed by atoms with Gasteiger partial charge in [0.05, 0.1) is 21.5 Å². The molecule has 7 heteroatoms. The number of amides is 1. The Morgan fingerprint density at radius 3 is 2.66 bits per heavy atom. The molecule has 6 nitrogen and oxygen atoms in total. The van der Waals surface area contributed by atoms with Gasteiger partial charge in [0.15, 0.2) is 11.5 Å². The number of nitriles is 1. The number of aromatic nitrogens is 1. The van der Waals surface area contributed by atoms with Crippen LogP contribution >= 0.6 is 11.3 Å². The second-order valence-electron chi connectivity index (χ2n) is 8.12. The minimum Gasteiger partial charge on any atom is -0.454 e. The van der Waals surface area contributed by atoms with E-state index < -0.39 is 0 Å². The maximum atomic E-state index is 13.2. The van der Waals surface area contributed by atoms with Crippen LogP contribution in [0.25, 0.3) is 10.4 Å². The number of fused-ring (bicyclic) bond motifs is 1. The van der Waals surface area contributed by atoms with Crippen LogP contribution in [0.2, 0.25) is 0 Å². The number of nitrogens with zero attached hydrogens (tertiary/aromatic N) is 2. The number of hydrogen-bond donors (Lipinski definition) is 1. The average Bonchev–Trinajstić information content (AvgIpc) is 3.50. The molecule has 5 rings (SSSR count). The average molecular weight is 446 g/mol. The fourth-order valence-electron chi connectivity index (χ4n) is 4.22. The van der Waals surface area contributed by atoms with Crippen LogP contribution in [-0.2, 0) is 6.54 Å². The predicted octanol–water partition coefficient (Wildman–Crippen LogP) is 5.39. The van der Waals surface area contributed by atoms with E-state index in [9.17, 15) is 4.79 Å². The number of nitrogens with one attached hydrogen (secondary N) is 1. The van der Waals surface area contributed by atoms with Gasteiger partial charge >= 0.3 is 0 Å². The minimum absolute atomic E-state index is 0.194. The molecule has 0 spiro atoms. The Balaban J connectivity index is 1.40. The summed E-state index contributed by atoms with van der Waals surface area (Å²) in [4.78, 5) is 18.9. The predicted molar refractivity (Wildman–Crippen MR) is 122 cm³/mol. The highest BCUT2D eigenvalue weighted by Gasteiger charge is 2.25. The molecule has 1 aliphatic heterocycles. The first-order chi connectivity index (χ1) is 15.7. The summed E-state index contributed by atoms with van der Waals surface area (Å²) in [5, 5.41) is 13.2. The monoisotopic (exact) mass is 445 g/mol. The zero-order valence-corrected chi connectivity index (χ0v) is 18.4. The van der Waals surface area contributed by atoms with Crippen molar-refractivity contribution in [2.24, 2.45) is 0 Å². The van der Waals surface area contributed by atoms with Crippen molar-refractivity contribution in [2.75, 3.05) is 6.79 Å². The molecule has 0 unspecified atom stereocenters. The van der Waals surface area contributed by atoms with Crippen LogP contribution in [0.3, 0.4) is 0 Å². The maximum absolute atomic E-state index is 13.2. The van der Waals surface area contributed by atoms with E-state index in [0.717, 1.165) is 39.6 Å². The van der Waals surface area contributed by atoms with Crippen molar-refractivity contribution in [3.05, 3.63) is 64.3 Å². The molecule has 32 heavy (non-hydrogen) atoms. The summed E-state index contributed by atoms with van der Waals surface area (Å²) in [6, 6.07) is 15.2. The summed E-state index contributed by atoms with van der Waals surface area (Å²) in [6.07, 6.45) is 5.94. The van der Waals surface area contributed by atoms with Crippen molar-refractivity contribution in [3.8, 4) is 28.0 Å². The Labute approximate surface area is 190 Å². The van der Waals surface area contributed by atoms with Crippen LogP contribution in [-0.4, -0.2) is 17.7 Å². The Kier molecular flexibility index (Phi) is 5.78. The van der Waals surface area contributed by atoms with Crippen LogP contribution in [0.15, 0.2) is 42.5 Å². The SMILES string of the molecule is N#Cc1ccc(-c2sc(C3CCCCC3)nc2C(=O)NCc2ccc3c(c2)OCO3)cc1. The second kappa shape index (κ2) is 9.01. The summed E-state index contributed by atoms with van der Waals surface area (Å²) in [5.41, 5.74) is 2.91. The lowest BCUT2D eigenvalue weighted by Crippen LogP contribution is -2.23. The second-order valence-corrected chi connectivity index (χ2v) is 9.15. The van der Waals surface area contributed by atoms with Crippen molar-refractivity contribution in [1.82, 2.24) is 10.3 Å². The number of carbonyl (C=O) groups excluding carboxylic acids is 1. The lowest BCUT2D eigenvalue weighted by molar-refractivity contribution is 0.0947. The smallest absolute Gasteiger partial charge is 0.271 e. The third-order valence-electron chi connectivity index (χ3n) is 5.98. The molecule has 1 fully saturated rings. The van der Waals surface area contributed by atoms with Crippen molar-refractivity contribution in [1.29, 1.82) is 5.26 Å². The summed E-state index contributed by atoms with van der Waals surface area (Å²) in [7, 11) is 0. The van der Waals surface area contributed by atoms with Crippen molar-refractivity contribution < 1.29 is 14.3 Å². The number of rotatable bonds is 5. The van der Waals surface area contributed by atoms with Crippen LogP contribution in [0, 0.1) is 11.3 Å². The van der Waals surface area contributed by atoms with E-state index in [1.165, 1.54) is 19.3 Å². The minimum atomic E-state index is -0.194. The van der Waals surface area contributed by atoms with Gasteiger partial charge in [-0.05, 0) is 48.2 Å². The van der Waals surface area contributed by atoms with Gasteiger partial charge in [-0.2, -0.15) is 5.26 Å². The van der Waals surface area contributed by atoms with Crippen LogP contribution in [0.5, 0.6) is 11.5 Å². The lowest BCUT2D eigenvalue weighted by Gasteiger charge is -2.18. The molecule has 1 saturated carbocycles. The Hall–Kier alpha value is -3.37. The molecule has 0 saturated heterocycles. The Morgan fingerprint density at radius 2 is 1.88 bits per heavy atom. The van der Waals surface area contributed by atoms with E-state index in [1.54, 1.807) is 23.5 Å². The van der Waals surface area contributed by atoms with Crippen LogP contribution in [0.4, 0.5) is 0 Å². The summed E-state index contributed by atoms with van der Waals surface area (Å²) >= 11 is 1.61. The molecule has 1 aromatic heterocycles. The first-order valence-corrected chi connectivity index (χ1v) is 11.7. The van der Waals surface area contributed by atoms with Crippen LogP contribution < -0.4 is 14.8 Å². The lowest BCUT2D eigenvalue weighted by atomic mass is 9.90. The topological polar surface area (TPSA) is 84.2 Å². The molecule has 1 N–H and O–H groups in total. The summed E-state index contributed by atoms with van der Waals surface area (Å²) < 4.78 is 10.8. The zero-order valence-electron chi connectivity index (χ0n) is 17.6. The molecule has 2 aromatic carbocycles. The summed E-state index contributed by atoms with van der Waals surface area (Å²) in [6.45, 7) is 0.598. The number of hydrogen-bond acceptors (Lipinski definition) is 6. The Morgan fingerprint density at radius 1 is 1.09 bits per heavy atom. The molecular weight excluding hydrogens is 422 g/mol. The van der Waals surface area contributed by atoms with Gasteiger partial charge in [-0.25, -0.2) is 4.98 Å². The largest absolute Gasteiger partial charge is 0.454 e. The fraction of sp³-hybridized carbons (Fsp3) is 0.320. The first kappa shape index (κ1) is 20.5. The van der Waals surface area contributed by atoms with Gasteiger partial charge in [-0.3, -0.25) is 4.79 Å². The molecular formula is C25H23N3O3S. The van der Waals surface area contributed by atoms with E-state index in [-0.39, 0.29) is 12.7 Å². The van der Waals surface area contributed by atoms with E-state index in [1.807, 2.05) is 30.3 Å². The molecule has 0 radical (unpaired) electrons. The standard InChI is InChI=1S/C25H23N3O3S/c26-13-16-6-9-18(10-7-16)23-22(28-25(32-23)19-4-2-1-3-5-19)24(29)27-14-17-8-11-20-21(12-17)31-15-30-20/h6-12,19H,1-5,14-15H2,(H,27,29). The Bertz CT molecular complexity index is 1170. The zero-order chi connectivity index (χ0) is 21.9. The molecule has 2 aliphatic rings. The van der Waals surface area contributed by atoms with Crippen molar-refractivity contribution in [3.63, 3.8) is 0 Å². The van der Waals surface area contributed by atoms with Crippen LogP contribution in [0.1, 0.15) is 64.6 Å². The molecule has 0 bridgehead atoms. The van der Waals surface area contributed by atoms with Gasteiger partial charge < -0.3 is 14.8 Å². The molecule has 2 heterocycles. The van der Waals surface area contributed by atoms with E-state index in [0.29, 0.717) is 29.5 Å². The maximum Gasteiger partial charge on any atom is 0.271 e. The molecule has 1 aliphatic carbocycles. The van der Waals surface area contributed by atoms with Gasteiger partial charge in [-0.1, -0.05) is 37.5 Å². The van der Waals surface area contributed by atoms with Crippen molar-refractivity contribution in [2.45, 2.75) is 44.6 Å². The number of ether oxygens (including phenoxy) is 2. The number of carbonyl (C=O) groups is 1. The van der Waals surface area contributed by atoms with E-state index >= 15 is 0 Å². The van der Waals surface area contributed by atoms with E-state index in [4.69, 9.17) is 19.7 Å². The van der Waals surface area contributed by atoms with Crippen molar-refractivity contribution >= 4 is 17.2 Å². The molecule has 3 aromatic rings. The van der Waals surface area contributed by atoms with Gasteiger partial charge in [0.25, 0.3) is 5.91 Å². The van der Waals surface area contributed by atoms with Gasteiger partial charge in [0.2, 0.25) is 6.79 Å². The highest BCUT2D eigenvalue weighted by molar-refractivity contribution is 7.15. The van der Waals surface area contributed by atoms with Gasteiger partial charge in [-0.15, -0.1) is 11.3 Å². The van der Waals surface area contributed by atoms with Gasteiger partial charge in [0.1, 0.15) is 5.69 Å². The fourth-order valence-corrected chi connectivity index (χ4v) is 5.46. The first-order valence-electron chi connectivity index (χ1n) is 10.9. The quantitative estimate of drug-likeness (QED) is 0.569. The van der Waals surface area contributed by atoms with Gasteiger partial charge in [0, 0.05) is 12.5 Å². The molecule has 1 amide bonds. The molecule has 0 atom stereocenters.